The van der Waals surface area contributed by atoms with E-state index >= 15 is 0 Å². The van der Waals surface area contributed by atoms with Gasteiger partial charge in [0.15, 0.2) is 0 Å². The van der Waals surface area contributed by atoms with E-state index in [9.17, 15) is 14.4 Å². The number of nitrogens with one attached hydrogen (secondary N) is 3. The highest BCUT2D eigenvalue weighted by molar-refractivity contribution is 5.84. The maximum absolute atomic E-state index is 12.2. The zero-order chi connectivity index (χ0) is 27.1. The Balaban J connectivity index is 1.88. The Bertz CT molecular complexity index is 718. The van der Waals surface area contributed by atoms with Gasteiger partial charge in [-0.15, -0.1) is 0 Å². The van der Waals surface area contributed by atoms with E-state index in [0.29, 0.717) is 71.3 Å². The minimum Gasteiger partial charge on any atom is -0.379 e. The van der Waals surface area contributed by atoms with Gasteiger partial charge in [0.25, 0.3) is 5.71 Å². The quantitative estimate of drug-likeness (QED) is 0.0530. The highest BCUT2D eigenvalue weighted by Crippen LogP contribution is 2.25. The van der Waals surface area contributed by atoms with Crippen LogP contribution in [0.3, 0.4) is 0 Å². The molecule has 0 aromatic carbocycles. The Morgan fingerprint density at radius 2 is 1.43 bits per heavy atom. The zero-order valence-electron chi connectivity index (χ0n) is 22.0. The van der Waals surface area contributed by atoms with Crippen LogP contribution in [-0.2, 0) is 33.4 Å². The first-order chi connectivity index (χ1) is 18.0. The number of amides is 3. The lowest BCUT2D eigenvalue weighted by Gasteiger charge is -2.27. The monoisotopic (exact) mass is 528 g/mol. The molecule has 0 bridgehead atoms. The summed E-state index contributed by atoms with van der Waals surface area (Å²) < 4.78 is 16.3. The first kappa shape index (κ1) is 32.6. The predicted octanol–water partition coefficient (Wildman–Crippen LogP) is 0.0850. The average Bonchev–Trinajstić information content (AvgIpc) is 2.89. The van der Waals surface area contributed by atoms with E-state index in [0.717, 1.165) is 25.7 Å². The Labute approximate surface area is 219 Å². The topological polar surface area (TPSA) is 187 Å². The number of carbonyl (C=O) groups excluding carboxylic acids is 3. The molecule has 0 saturated heterocycles. The van der Waals surface area contributed by atoms with E-state index in [1.54, 1.807) is 6.92 Å². The number of rotatable bonds is 21. The Morgan fingerprint density at radius 1 is 0.865 bits per heavy atom. The van der Waals surface area contributed by atoms with E-state index < -0.39 is 0 Å². The molecule has 5 N–H and O–H groups in total. The summed E-state index contributed by atoms with van der Waals surface area (Å²) >= 11 is 0. The molecular formula is C24H44N6O7. The van der Waals surface area contributed by atoms with Gasteiger partial charge in [-0.3, -0.25) is 19.2 Å². The second-order valence-electron chi connectivity index (χ2n) is 8.92. The molecule has 0 heterocycles. The van der Waals surface area contributed by atoms with Crippen molar-refractivity contribution >= 4 is 23.4 Å². The summed E-state index contributed by atoms with van der Waals surface area (Å²) in [6, 6.07) is 0.0585. The minimum atomic E-state index is -0.261. The summed E-state index contributed by atoms with van der Waals surface area (Å²) in [4.78, 5) is 42.7. The van der Waals surface area contributed by atoms with Crippen molar-refractivity contribution in [1.82, 2.24) is 16.0 Å². The zero-order valence-corrected chi connectivity index (χ0v) is 22.0. The number of ether oxygens (including phenoxy) is 3. The molecule has 13 nitrogen and oxygen atoms in total. The van der Waals surface area contributed by atoms with Gasteiger partial charge in [-0.1, -0.05) is 6.42 Å². The van der Waals surface area contributed by atoms with Crippen LogP contribution in [0.25, 0.3) is 5.53 Å². The van der Waals surface area contributed by atoms with Crippen LogP contribution in [0.4, 0.5) is 0 Å². The van der Waals surface area contributed by atoms with Crippen LogP contribution in [0.15, 0.2) is 0 Å². The van der Waals surface area contributed by atoms with Crippen molar-refractivity contribution in [2.45, 2.75) is 64.3 Å². The molecule has 0 aromatic rings. The molecule has 0 aromatic heterocycles. The van der Waals surface area contributed by atoms with Crippen molar-refractivity contribution in [1.29, 1.82) is 0 Å². The summed E-state index contributed by atoms with van der Waals surface area (Å²) in [6.07, 6.45) is 5.27. The lowest BCUT2D eigenvalue weighted by molar-refractivity contribution is -0.127. The van der Waals surface area contributed by atoms with E-state index in [1.165, 1.54) is 0 Å². The maximum atomic E-state index is 12.2. The predicted molar refractivity (Wildman–Crippen MR) is 135 cm³/mol. The molecule has 1 aliphatic carbocycles. The first-order valence-electron chi connectivity index (χ1n) is 13.0. The van der Waals surface area contributed by atoms with Gasteiger partial charge in [-0.25, -0.2) is 5.90 Å². The smallest absolute Gasteiger partial charge is 0.268 e. The average molecular weight is 529 g/mol. The second kappa shape index (κ2) is 21.7. The minimum absolute atomic E-state index is 0.0585. The summed E-state index contributed by atoms with van der Waals surface area (Å²) in [5.74, 6) is 4.45. The fourth-order valence-electron chi connectivity index (χ4n) is 3.87. The van der Waals surface area contributed by atoms with Crippen molar-refractivity contribution in [2.24, 2.45) is 11.8 Å². The van der Waals surface area contributed by atoms with E-state index in [-0.39, 0.29) is 49.1 Å². The molecule has 3 amide bonds. The molecule has 2 atom stereocenters. The fourth-order valence-corrected chi connectivity index (χ4v) is 3.87. The number of carbonyl (C=O) groups is 3. The molecule has 2 unspecified atom stereocenters. The number of hydrogen-bond donors (Lipinski definition) is 4. The van der Waals surface area contributed by atoms with Crippen molar-refractivity contribution in [3.8, 4) is 0 Å². The molecule has 1 fully saturated rings. The normalized spacial score (nSPS) is 17.0. The summed E-state index contributed by atoms with van der Waals surface area (Å²) in [6.45, 7) is 5.47. The Hall–Kier alpha value is -2.41. The van der Waals surface area contributed by atoms with Crippen molar-refractivity contribution in [2.75, 3.05) is 59.3 Å². The third kappa shape index (κ3) is 17.6. The number of hydrogen-bond acceptors (Lipinski definition) is 8. The summed E-state index contributed by atoms with van der Waals surface area (Å²) in [5.41, 5.74) is 9.65. The van der Waals surface area contributed by atoms with Gasteiger partial charge in [0, 0.05) is 52.1 Å². The third-order valence-electron chi connectivity index (χ3n) is 5.90. The lowest BCUT2D eigenvalue weighted by Crippen LogP contribution is -2.40. The first-order valence-corrected chi connectivity index (χ1v) is 13.0. The van der Waals surface area contributed by atoms with Crippen LogP contribution in [0, 0.1) is 5.92 Å². The SMILES string of the molecule is CC(=[N+]=[N-])C1CCCC(NC(=O)CCC(=O)NCCCOCCOCCOCCCNC(=O)CON)C1. The van der Waals surface area contributed by atoms with Crippen molar-refractivity contribution in [3.05, 3.63) is 5.53 Å². The van der Waals surface area contributed by atoms with Gasteiger partial charge < -0.3 is 35.7 Å². The van der Waals surface area contributed by atoms with Gasteiger partial charge in [0.2, 0.25) is 17.7 Å². The molecule has 1 rings (SSSR count). The fraction of sp³-hybridized carbons (Fsp3) is 0.833. The van der Waals surface area contributed by atoms with Crippen LogP contribution in [-0.4, -0.2) is 93.6 Å². The molecular weight excluding hydrogens is 484 g/mol. The van der Waals surface area contributed by atoms with Gasteiger partial charge in [0.1, 0.15) is 6.61 Å². The number of nitrogens with zero attached hydrogens (tertiary/aromatic N) is 2. The molecule has 13 heteroatoms. The highest BCUT2D eigenvalue weighted by atomic mass is 16.6. The van der Waals surface area contributed by atoms with Crippen LogP contribution in [0.2, 0.25) is 0 Å². The molecule has 1 aliphatic rings. The van der Waals surface area contributed by atoms with Crippen molar-refractivity contribution in [3.63, 3.8) is 0 Å². The Kier molecular flexibility index (Phi) is 19.1. The molecule has 212 valence electrons. The highest BCUT2D eigenvalue weighted by Gasteiger charge is 2.28. The standard InChI is InChI=1S/C24H44N6O7/c1-19(30-25)20-5-2-6-21(17-20)29-23(32)8-7-22(31)27-9-3-11-34-13-15-36-16-14-35-12-4-10-28-24(33)18-37-26/h20-21H,2-18,26H2,1H3,(H,27,31)(H,28,33)(H,29,32). The van der Waals surface area contributed by atoms with Gasteiger partial charge in [-0.05, 0) is 32.1 Å². The third-order valence-corrected chi connectivity index (χ3v) is 5.90. The van der Waals surface area contributed by atoms with Crippen LogP contribution in [0.5, 0.6) is 0 Å². The van der Waals surface area contributed by atoms with Gasteiger partial charge in [0.05, 0.1) is 32.3 Å². The second-order valence-corrected chi connectivity index (χ2v) is 8.92. The molecule has 0 radical (unpaired) electrons. The van der Waals surface area contributed by atoms with E-state index in [2.05, 4.69) is 25.6 Å². The molecule has 37 heavy (non-hydrogen) atoms. The summed E-state index contributed by atoms with van der Waals surface area (Å²) in [5, 5.41) is 8.43. The number of nitrogens with two attached hydrogens (primary N) is 1. The summed E-state index contributed by atoms with van der Waals surface area (Å²) in [7, 11) is 0. The van der Waals surface area contributed by atoms with Crippen LogP contribution in [0.1, 0.15) is 58.3 Å². The molecule has 0 aliphatic heterocycles. The van der Waals surface area contributed by atoms with Crippen LogP contribution < -0.4 is 21.8 Å². The van der Waals surface area contributed by atoms with Crippen LogP contribution >= 0.6 is 0 Å². The molecule has 0 spiro atoms. The van der Waals surface area contributed by atoms with E-state index in [1.807, 2.05) is 0 Å². The van der Waals surface area contributed by atoms with Crippen molar-refractivity contribution < 1.29 is 38.2 Å². The molecule has 1 saturated carbocycles. The maximum Gasteiger partial charge on any atom is 0.268 e. The van der Waals surface area contributed by atoms with E-state index in [4.69, 9.17) is 25.6 Å². The lowest BCUT2D eigenvalue weighted by atomic mass is 9.83. The Morgan fingerprint density at radius 3 is 2.03 bits per heavy atom. The van der Waals surface area contributed by atoms with Gasteiger partial charge in [-0.2, -0.15) is 4.79 Å². The largest absolute Gasteiger partial charge is 0.379 e. The van der Waals surface area contributed by atoms with Gasteiger partial charge >= 0.3 is 0 Å².